The molecule has 0 unspecified atom stereocenters. The third kappa shape index (κ3) is 5.33. The Kier molecular flexibility index (Phi) is 6.66. The first-order chi connectivity index (χ1) is 13.5. The second kappa shape index (κ2) is 9.37. The molecule has 1 aliphatic rings. The van der Waals surface area contributed by atoms with Crippen LogP contribution < -0.4 is 4.74 Å². The Morgan fingerprint density at radius 1 is 0.893 bits per heavy atom. The fourth-order valence-electron chi connectivity index (χ4n) is 3.10. The van der Waals surface area contributed by atoms with E-state index in [1.807, 2.05) is 42.5 Å². The molecule has 0 aromatic heterocycles. The maximum atomic E-state index is 12.4. The average Bonchev–Trinajstić information content (AvgIpc) is 2.73. The Balaban J connectivity index is 1.44. The molecule has 2 aromatic carbocycles. The minimum absolute atomic E-state index is 0.0225. The van der Waals surface area contributed by atoms with Crippen molar-refractivity contribution in [2.45, 2.75) is 0 Å². The summed E-state index contributed by atoms with van der Waals surface area (Å²) in [7, 11) is 3.51. The second-order valence-corrected chi connectivity index (χ2v) is 7.12. The van der Waals surface area contributed by atoms with Crippen molar-refractivity contribution in [3.05, 3.63) is 54.6 Å². The number of carbonyl (C=O) groups is 2. The maximum Gasteiger partial charge on any atom is 0.260 e. The third-order valence-corrected chi connectivity index (χ3v) is 4.91. The molecule has 6 heteroatoms. The van der Waals surface area contributed by atoms with Crippen LogP contribution in [-0.2, 0) is 9.59 Å². The number of rotatable bonds is 6. The van der Waals surface area contributed by atoms with Gasteiger partial charge in [-0.3, -0.25) is 14.5 Å². The standard InChI is InChI=1S/C22H27N3O3/c1-23(2)21(26)16-24-12-14-25(15-13-24)22(27)17-28-20-10-8-19(9-11-20)18-6-4-3-5-7-18/h3-11H,12-17H2,1-2H3. The van der Waals surface area contributed by atoms with E-state index >= 15 is 0 Å². The Bertz CT molecular complexity index is 782. The Labute approximate surface area is 166 Å². The maximum absolute atomic E-state index is 12.4. The summed E-state index contributed by atoms with van der Waals surface area (Å²) in [6.45, 7) is 3.08. The predicted molar refractivity (Wildman–Crippen MR) is 109 cm³/mol. The van der Waals surface area contributed by atoms with Gasteiger partial charge in [-0.1, -0.05) is 42.5 Å². The van der Waals surface area contributed by atoms with Crippen molar-refractivity contribution in [1.29, 1.82) is 0 Å². The summed E-state index contributed by atoms with van der Waals surface area (Å²) in [5.74, 6) is 0.746. The van der Waals surface area contributed by atoms with Gasteiger partial charge in [0, 0.05) is 40.3 Å². The summed E-state index contributed by atoms with van der Waals surface area (Å²) in [4.78, 5) is 29.7. The van der Waals surface area contributed by atoms with Crippen LogP contribution in [0.5, 0.6) is 5.75 Å². The third-order valence-electron chi connectivity index (χ3n) is 4.91. The molecule has 0 N–H and O–H groups in total. The highest BCUT2D eigenvalue weighted by Crippen LogP contribution is 2.22. The molecule has 0 aliphatic carbocycles. The molecule has 1 aliphatic heterocycles. The Morgan fingerprint density at radius 2 is 1.50 bits per heavy atom. The summed E-state index contributed by atoms with van der Waals surface area (Å²) in [6, 6.07) is 17.9. The summed E-state index contributed by atoms with van der Waals surface area (Å²) < 4.78 is 5.67. The number of likely N-dealkylation sites (N-methyl/N-ethyl adjacent to an activating group) is 1. The molecule has 0 spiro atoms. The number of nitrogens with zero attached hydrogens (tertiary/aromatic N) is 3. The first kappa shape index (κ1) is 19.9. The number of amides is 2. The number of hydrogen-bond acceptors (Lipinski definition) is 4. The monoisotopic (exact) mass is 381 g/mol. The number of ether oxygens (including phenoxy) is 1. The fourth-order valence-corrected chi connectivity index (χ4v) is 3.10. The number of piperazine rings is 1. The van der Waals surface area contributed by atoms with E-state index in [1.54, 1.807) is 23.9 Å². The molecule has 1 heterocycles. The number of benzene rings is 2. The van der Waals surface area contributed by atoms with Gasteiger partial charge in [0.2, 0.25) is 5.91 Å². The Hall–Kier alpha value is -2.86. The lowest BCUT2D eigenvalue weighted by Gasteiger charge is -2.34. The van der Waals surface area contributed by atoms with E-state index < -0.39 is 0 Å². The molecule has 0 atom stereocenters. The van der Waals surface area contributed by atoms with Gasteiger partial charge >= 0.3 is 0 Å². The second-order valence-electron chi connectivity index (χ2n) is 7.12. The van der Waals surface area contributed by atoms with Crippen molar-refractivity contribution in [3.63, 3.8) is 0 Å². The zero-order valence-electron chi connectivity index (χ0n) is 16.5. The van der Waals surface area contributed by atoms with E-state index in [-0.39, 0.29) is 18.4 Å². The summed E-state index contributed by atoms with van der Waals surface area (Å²) in [6.07, 6.45) is 0. The van der Waals surface area contributed by atoms with Crippen molar-refractivity contribution in [1.82, 2.24) is 14.7 Å². The van der Waals surface area contributed by atoms with E-state index in [2.05, 4.69) is 17.0 Å². The van der Waals surface area contributed by atoms with E-state index in [4.69, 9.17) is 4.74 Å². The van der Waals surface area contributed by atoms with Crippen molar-refractivity contribution in [2.75, 3.05) is 53.4 Å². The number of hydrogen-bond donors (Lipinski definition) is 0. The van der Waals surface area contributed by atoms with Crippen molar-refractivity contribution < 1.29 is 14.3 Å². The van der Waals surface area contributed by atoms with Gasteiger partial charge in [0.25, 0.3) is 5.91 Å². The molecule has 2 amide bonds. The molecule has 2 aromatic rings. The molecule has 0 saturated carbocycles. The summed E-state index contributed by atoms with van der Waals surface area (Å²) in [5, 5.41) is 0. The number of carbonyl (C=O) groups excluding carboxylic acids is 2. The van der Waals surface area contributed by atoms with Crippen LogP contribution in [0.25, 0.3) is 11.1 Å². The van der Waals surface area contributed by atoms with E-state index in [1.165, 1.54) is 0 Å². The summed E-state index contributed by atoms with van der Waals surface area (Å²) >= 11 is 0. The Morgan fingerprint density at radius 3 is 2.11 bits per heavy atom. The molecule has 6 nitrogen and oxygen atoms in total. The first-order valence-corrected chi connectivity index (χ1v) is 9.51. The molecule has 148 valence electrons. The molecular weight excluding hydrogens is 354 g/mol. The normalized spacial score (nSPS) is 14.6. The highest BCUT2D eigenvalue weighted by molar-refractivity contribution is 5.79. The largest absolute Gasteiger partial charge is 0.484 e. The highest BCUT2D eigenvalue weighted by atomic mass is 16.5. The van der Waals surface area contributed by atoms with Crippen LogP contribution in [0.4, 0.5) is 0 Å². The van der Waals surface area contributed by atoms with Crippen molar-refractivity contribution in [2.24, 2.45) is 0 Å². The molecule has 1 saturated heterocycles. The van der Waals surface area contributed by atoms with E-state index in [9.17, 15) is 9.59 Å². The van der Waals surface area contributed by atoms with Crippen LogP contribution in [0.15, 0.2) is 54.6 Å². The van der Waals surface area contributed by atoms with Gasteiger partial charge in [-0.25, -0.2) is 0 Å². The van der Waals surface area contributed by atoms with Crippen molar-refractivity contribution >= 4 is 11.8 Å². The van der Waals surface area contributed by atoms with Gasteiger partial charge < -0.3 is 14.5 Å². The van der Waals surface area contributed by atoms with Crippen LogP contribution in [-0.4, -0.2) is 79.9 Å². The molecule has 1 fully saturated rings. The van der Waals surface area contributed by atoms with Crippen LogP contribution in [0.1, 0.15) is 0 Å². The van der Waals surface area contributed by atoms with Crippen LogP contribution in [0, 0.1) is 0 Å². The summed E-state index contributed by atoms with van der Waals surface area (Å²) in [5.41, 5.74) is 2.26. The van der Waals surface area contributed by atoms with Gasteiger partial charge in [0.15, 0.2) is 6.61 Å². The van der Waals surface area contributed by atoms with Gasteiger partial charge in [-0.15, -0.1) is 0 Å². The zero-order chi connectivity index (χ0) is 19.9. The highest BCUT2D eigenvalue weighted by Gasteiger charge is 2.23. The van der Waals surface area contributed by atoms with Gasteiger partial charge in [0.1, 0.15) is 5.75 Å². The average molecular weight is 381 g/mol. The van der Waals surface area contributed by atoms with Crippen LogP contribution in [0.3, 0.4) is 0 Å². The molecule has 0 bridgehead atoms. The van der Waals surface area contributed by atoms with Crippen molar-refractivity contribution in [3.8, 4) is 16.9 Å². The topological polar surface area (TPSA) is 53.1 Å². The SMILES string of the molecule is CN(C)C(=O)CN1CCN(C(=O)COc2ccc(-c3ccccc3)cc2)CC1. The van der Waals surface area contributed by atoms with Gasteiger partial charge in [-0.2, -0.15) is 0 Å². The lowest BCUT2D eigenvalue weighted by atomic mass is 10.1. The zero-order valence-corrected chi connectivity index (χ0v) is 16.5. The van der Waals surface area contributed by atoms with Gasteiger partial charge in [-0.05, 0) is 23.3 Å². The van der Waals surface area contributed by atoms with Crippen LogP contribution in [0.2, 0.25) is 0 Å². The lowest BCUT2D eigenvalue weighted by Crippen LogP contribution is -2.51. The lowest BCUT2D eigenvalue weighted by molar-refractivity contribution is -0.136. The molecular formula is C22H27N3O3. The molecule has 28 heavy (non-hydrogen) atoms. The first-order valence-electron chi connectivity index (χ1n) is 9.51. The van der Waals surface area contributed by atoms with E-state index in [0.717, 1.165) is 11.1 Å². The van der Waals surface area contributed by atoms with Crippen LogP contribution >= 0.6 is 0 Å². The fraction of sp³-hybridized carbons (Fsp3) is 0.364. The molecule has 3 rings (SSSR count). The quantitative estimate of drug-likeness (QED) is 0.768. The predicted octanol–water partition coefficient (Wildman–Crippen LogP) is 1.96. The minimum atomic E-state index is -0.0225. The molecule has 0 radical (unpaired) electrons. The smallest absolute Gasteiger partial charge is 0.260 e. The van der Waals surface area contributed by atoms with E-state index in [0.29, 0.717) is 38.5 Å². The minimum Gasteiger partial charge on any atom is -0.484 e. The van der Waals surface area contributed by atoms with Gasteiger partial charge in [0.05, 0.1) is 6.54 Å².